The maximum absolute atomic E-state index is 14.6. The summed E-state index contributed by atoms with van der Waals surface area (Å²) in [5.74, 6) is -2.59. The van der Waals surface area contributed by atoms with E-state index in [2.05, 4.69) is 0 Å². The molecule has 1 fully saturated rings. The Bertz CT molecular complexity index is 916. The molecular formula is C25H28F6O2. The lowest BCUT2D eigenvalue weighted by atomic mass is 9.94. The number of rotatable bonds is 8. The molecule has 0 radical (unpaired) electrons. The van der Waals surface area contributed by atoms with E-state index in [1.807, 2.05) is 6.92 Å². The molecule has 0 aliphatic carbocycles. The van der Waals surface area contributed by atoms with Gasteiger partial charge in [-0.05, 0) is 54.5 Å². The lowest BCUT2D eigenvalue weighted by molar-refractivity contribution is -0.241. The average Bonchev–Trinajstić information content (AvgIpc) is 2.75. The van der Waals surface area contributed by atoms with E-state index in [4.69, 9.17) is 9.47 Å². The van der Waals surface area contributed by atoms with E-state index in [9.17, 15) is 26.3 Å². The van der Waals surface area contributed by atoms with Gasteiger partial charge in [0.15, 0.2) is 0 Å². The first-order valence-electron chi connectivity index (χ1n) is 11.2. The zero-order valence-corrected chi connectivity index (χ0v) is 18.7. The SMILES string of the molecule is CCCc1ccc(-c2ccc(OC(F)(F)C3CCC(CCC)OC3)cc2)c(C(F)(F)F)c1F. The highest BCUT2D eigenvalue weighted by molar-refractivity contribution is 5.69. The first-order chi connectivity index (χ1) is 15.6. The van der Waals surface area contributed by atoms with Gasteiger partial charge in [-0.3, -0.25) is 0 Å². The van der Waals surface area contributed by atoms with Crippen LogP contribution in [0.25, 0.3) is 11.1 Å². The third kappa shape index (κ3) is 6.02. The van der Waals surface area contributed by atoms with Crippen molar-refractivity contribution in [1.82, 2.24) is 0 Å². The molecule has 1 heterocycles. The van der Waals surface area contributed by atoms with Crippen LogP contribution in [0, 0.1) is 11.7 Å². The second kappa shape index (κ2) is 10.4. The molecule has 1 aliphatic rings. The van der Waals surface area contributed by atoms with E-state index in [0.29, 0.717) is 12.8 Å². The van der Waals surface area contributed by atoms with Gasteiger partial charge in [0.25, 0.3) is 0 Å². The van der Waals surface area contributed by atoms with E-state index in [1.165, 1.54) is 36.4 Å². The number of benzene rings is 2. The lowest BCUT2D eigenvalue weighted by Crippen LogP contribution is -2.41. The Kier molecular flexibility index (Phi) is 7.98. The minimum Gasteiger partial charge on any atom is -0.432 e. The lowest BCUT2D eigenvalue weighted by Gasteiger charge is -2.33. The van der Waals surface area contributed by atoms with Crippen molar-refractivity contribution in [2.45, 2.75) is 70.8 Å². The number of ether oxygens (including phenoxy) is 2. The number of alkyl halides is 5. The van der Waals surface area contributed by atoms with E-state index < -0.39 is 29.6 Å². The maximum atomic E-state index is 14.6. The van der Waals surface area contributed by atoms with Crippen molar-refractivity contribution in [2.75, 3.05) is 6.61 Å². The molecule has 0 N–H and O–H groups in total. The highest BCUT2D eigenvalue weighted by atomic mass is 19.4. The van der Waals surface area contributed by atoms with E-state index in [-0.39, 0.29) is 48.0 Å². The zero-order chi connectivity index (χ0) is 24.2. The summed E-state index contributed by atoms with van der Waals surface area (Å²) in [6, 6.07) is 7.34. The van der Waals surface area contributed by atoms with Gasteiger partial charge in [0.2, 0.25) is 0 Å². The second-order valence-electron chi connectivity index (χ2n) is 8.42. The van der Waals surface area contributed by atoms with Gasteiger partial charge < -0.3 is 9.47 Å². The van der Waals surface area contributed by atoms with Crippen LogP contribution in [0.5, 0.6) is 5.75 Å². The topological polar surface area (TPSA) is 18.5 Å². The van der Waals surface area contributed by atoms with Crippen LogP contribution < -0.4 is 4.74 Å². The Morgan fingerprint density at radius 3 is 2.18 bits per heavy atom. The summed E-state index contributed by atoms with van der Waals surface area (Å²) in [6.45, 7) is 3.63. The summed E-state index contributed by atoms with van der Waals surface area (Å²) in [4.78, 5) is 0. The number of halogens is 6. The fourth-order valence-electron chi connectivity index (χ4n) is 4.16. The van der Waals surface area contributed by atoms with Crippen LogP contribution in [-0.4, -0.2) is 18.8 Å². The molecule has 1 aliphatic heterocycles. The molecule has 0 spiro atoms. The van der Waals surface area contributed by atoms with Crippen molar-refractivity contribution in [3.8, 4) is 16.9 Å². The Morgan fingerprint density at radius 1 is 0.939 bits per heavy atom. The standard InChI is InChI=1S/C25H28F6O2/c1-3-5-17-9-14-21(22(23(17)26)24(27,28)29)16-7-11-20(12-8-16)33-25(30,31)18-10-13-19(6-4-2)32-15-18/h7-9,11-12,14,18-19H,3-6,10,13,15H2,1-2H3. The highest BCUT2D eigenvalue weighted by Gasteiger charge is 2.44. The Balaban J connectivity index is 1.79. The second-order valence-corrected chi connectivity index (χ2v) is 8.42. The van der Waals surface area contributed by atoms with Crippen LogP contribution in [0.4, 0.5) is 26.3 Å². The molecule has 1 saturated heterocycles. The van der Waals surface area contributed by atoms with Gasteiger partial charge in [0.1, 0.15) is 11.6 Å². The minimum atomic E-state index is -4.90. The van der Waals surface area contributed by atoms with Crippen molar-refractivity contribution in [3.05, 3.63) is 53.3 Å². The van der Waals surface area contributed by atoms with E-state index in [0.717, 1.165) is 12.8 Å². The van der Waals surface area contributed by atoms with Crippen LogP contribution >= 0.6 is 0 Å². The van der Waals surface area contributed by atoms with E-state index >= 15 is 0 Å². The molecule has 0 aromatic heterocycles. The van der Waals surface area contributed by atoms with E-state index in [1.54, 1.807) is 6.92 Å². The zero-order valence-electron chi connectivity index (χ0n) is 18.7. The summed E-state index contributed by atoms with van der Waals surface area (Å²) in [7, 11) is 0. The molecule has 2 nitrogen and oxygen atoms in total. The molecule has 2 aromatic rings. The molecule has 2 unspecified atom stereocenters. The molecule has 2 atom stereocenters. The largest absolute Gasteiger partial charge is 0.432 e. The van der Waals surface area contributed by atoms with Gasteiger partial charge in [-0.2, -0.15) is 22.0 Å². The Labute approximate surface area is 189 Å². The van der Waals surface area contributed by atoms with Gasteiger partial charge in [0.05, 0.1) is 24.2 Å². The van der Waals surface area contributed by atoms with Crippen LogP contribution in [-0.2, 0) is 17.3 Å². The Hall–Kier alpha value is -2.22. The molecule has 2 aromatic carbocycles. The van der Waals surface area contributed by atoms with Crippen LogP contribution in [0.2, 0.25) is 0 Å². The number of hydrogen-bond donors (Lipinski definition) is 0. The highest BCUT2D eigenvalue weighted by Crippen LogP contribution is 2.41. The van der Waals surface area contributed by atoms with Gasteiger partial charge >= 0.3 is 12.3 Å². The van der Waals surface area contributed by atoms with Crippen molar-refractivity contribution >= 4 is 0 Å². The minimum absolute atomic E-state index is 0.0101. The van der Waals surface area contributed by atoms with Crippen molar-refractivity contribution in [1.29, 1.82) is 0 Å². The van der Waals surface area contributed by atoms with Gasteiger partial charge in [-0.15, -0.1) is 0 Å². The fourth-order valence-corrected chi connectivity index (χ4v) is 4.16. The maximum Gasteiger partial charge on any atom is 0.419 e. The molecule has 33 heavy (non-hydrogen) atoms. The number of hydrogen-bond acceptors (Lipinski definition) is 2. The third-order valence-electron chi connectivity index (χ3n) is 5.90. The average molecular weight is 474 g/mol. The summed E-state index contributed by atoms with van der Waals surface area (Å²) < 4.78 is 95.1. The first kappa shape index (κ1) is 25.4. The smallest absolute Gasteiger partial charge is 0.419 e. The quantitative estimate of drug-likeness (QED) is 0.361. The van der Waals surface area contributed by atoms with Gasteiger partial charge in [-0.1, -0.05) is 51.0 Å². The first-order valence-corrected chi connectivity index (χ1v) is 11.2. The van der Waals surface area contributed by atoms with Gasteiger partial charge in [0, 0.05) is 0 Å². The van der Waals surface area contributed by atoms with Gasteiger partial charge in [-0.25, -0.2) is 4.39 Å². The molecule has 3 rings (SSSR count). The molecule has 0 bridgehead atoms. The van der Waals surface area contributed by atoms with Crippen molar-refractivity contribution in [2.24, 2.45) is 5.92 Å². The van der Waals surface area contributed by atoms with Crippen LogP contribution in [0.1, 0.15) is 57.1 Å². The molecule has 0 saturated carbocycles. The Morgan fingerprint density at radius 2 is 1.64 bits per heavy atom. The fraction of sp³-hybridized carbons (Fsp3) is 0.520. The molecular weight excluding hydrogens is 446 g/mol. The predicted octanol–water partition coefficient (Wildman–Crippen LogP) is 8.03. The summed E-state index contributed by atoms with van der Waals surface area (Å²) in [5.41, 5.74) is -1.65. The normalized spacial score (nSPS) is 19.5. The third-order valence-corrected chi connectivity index (χ3v) is 5.90. The van der Waals surface area contributed by atoms with Crippen LogP contribution in [0.15, 0.2) is 36.4 Å². The monoisotopic (exact) mass is 474 g/mol. The molecule has 182 valence electrons. The summed E-state index contributed by atoms with van der Waals surface area (Å²) in [6.07, 6.45) is -5.21. The summed E-state index contributed by atoms with van der Waals surface area (Å²) in [5, 5.41) is 0. The summed E-state index contributed by atoms with van der Waals surface area (Å²) >= 11 is 0. The molecule has 8 heteroatoms. The van der Waals surface area contributed by atoms with Crippen LogP contribution in [0.3, 0.4) is 0 Å². The molecule has 0 amide bonds. The van der Waals surface area contributed by atoms with Crippen molar-refractivity contribution < 1.29 is 35.8 Å². The van der Waals surface area contributed by atoms with Crippen molar-refractivity contribution in [3.63, 3.8) is 0 Å². The number of aryl methyl sites for hydroxylation is 1. The predicted molar refractivity (Wildman–Crippen MR) is 114 cm³/mol.